The number of amides is 2. The first-order valence-electron chi connectivity index (χ1n) is 11.2. The van der Waals surface area contributed by atoms with Gasteiger partial charge in [-0.05, 0) is 37.0 Å². The van der Waals surface area contributed by atoms with Crippen LogP contribution in [0, 0.1) is 5.92 Å². The van der Waals surface area contributed by atoms with Gasteiger partial charge in [0.15, 0.2) is 5.78 Å². The van der Waals surface area contributed by atoms with Crippen LogP contribution in [0.3, 0.4) is 0 Å². The maximum atomic E-state index is 13.5. The highest BCUT2D eigenvalue weighted by Gasteiger charge is 2.54. The van der Waals surface area contributed by atoms with Gasteiger partial charge in [0.2, 0.25) is 15.9 Å². The molecule has 182 valence electrons. The van der Waals surface area contributed by atoms with E-state index in [1.807, 2.05) is 13.8 Å². The van der Waals surface area contributed by atoms with Crippen molar-refractivity contribution in [1.29, 1.82) is 0 Å². The zero-order valence-electron chi connectivity index (χ0n) is 19.1. The highest BCUT2D eigenvalue weighted by Crippen LogP contribution is 2.33. The molecule has 2 aliphatic rings. The Balaban J connectivity index is 1.51. The number of aromatic nitrogens is 1. The lowest BCUT2D eigenvalue weighted by molar-refractivity contribution is -0.138. The maximum absolute atomic E-state index is 13.5. The molecule has 3 unspecified atom stereocenters. The summed E-state index contributed by atoms with van der Waals surface area (Å²) in [5, 5.41) is 2.75. The summed E-state index contributed by atoms with van der Waals surface area (Å²) in [5.41, 5.74) is 0.688. The van der Waals surface area contributed by atoms with Gasteiger partial charge in [-0.15, -0.1) is 0 Å². The van der Waals surface area contributed by atoms with Crippen molar-refractivity contribution in [2.45, 2.75) is 50.6 Å². The summed E-state index contributed by atoms with van der Waals surface area (Å²) < 4.78 is 32.3. The Hall–Kier alpha value is -3.05. The van der Waals surface area contributed by atoms with Crippen LogP contribution in [0.5, 0.6) is 0 Å². The number of furan rings is 1. The highest BCUT2D eigenvalue weighted by atomic mass is 32.2. The van der Waals surface area contributed by atoms with Crippen LogP contribution in [0.25, 0.3) is 0 Å². The van der Waals surface area contributed by atoms with E-state index in [0.717, 1.165) is 0 Å². The molecule has 2 amide bonds. The van der Waals surface area contributed by atoms with E-state index in [4.69, 9.17) is 4.42 Å². The van der Waals surface area contributed by atoms with Crippen molar-refractivity contribution >= 4 is 27.6 Å². The largest absolute Gasteiger partial charge is 0.472 e. The van der Waals surface area contributed by atoms with Gasteiger partial charge in [-0.2, -0.15) is 4.31 Å². The molecule has 0 saturated carbocycles. The van der Waals surface area contributed by atoms with Crippen LogP contribution in [-0.2, 0) is 25.4 Å². The summed E-state index contributed by atoms with van der Waals surface area (Å²) in [6, 6.07) is 4.22. The highest BCUT2D eigenvalue weighted by molar-refractivity contribution is 7.88. The van der Waals surface area contributed by atoms with Crippen LogP contribution in [0.1, 0.15) is 42.7 Å². The van der Waals surface area contributed by atoms with Crippen molar-refractivity contribution in [2.24, 2.45) is 5.92 Å². The standard InChI is InChI=1S/C23H28N4O6S/c1-15(2)11-18(25-22(29)16-7-10-33-13-16)23(30)26-9-6-19-21(26)20(28)12-27(19)34(31,32)14-17-5-3-4-8-24-17/h3-5,7-8,10,13,15,18-19,21H,6,9,11-12,14H2,1-2H3,(H,25,29). The van der Waals surface area contributed by atoms with E-state index < -0.39 is 34.1 Å². The normalized spacial score (nSPS) is 21.6. The number of hydrogen-bond acceptors (Lipinski definition) is 7. The van der Waals surface area contributed by atoms with E-state index >= 15 is 0 Å². The number of carbonyl (C=O) groups is 3. The minimum atomic E-state index is -3.81. The molecule has 10 nitrogen and oxygen atoms in total. The predicted octanol–water partition coefficient (Wildman–Crippen LogP) is 1.20. The van der Waals surface area contributed by atoms with E-state index in [1.165, 1.54) is 34.0 Å². The van der Waals surface area contributed by atoms with Gasteiger partial charge in [0.25, 0.3) is 5.91 Å². The first kappa shape index (κ1) is 24.1. The van der Waals surface area contributed by atoms with Gasteiger partial charge >= 0.3 is 0 Å². The number of nitrogens with one attached hydrogen (secondary N) is 1. The molecule has 2 aromatic heterocycles. The minimum absolute atomic E-state index is 0.103. The smallest absolute Gasteiger partial charge is 0.255 e. The number of nitrogens with zero attached hydrogens (tertiary/aromatic N) is 3. The zero-order chi connectivity index (χ0) is 24.5. The summed E-state index contributed by atoms with van der Waals surface area (Å²) in [6.45, 7) is 3.84. The lowest BCUT2D eigenvalue weighted by Gasteiger charge is -2.29. The summed E-state index contributed by atoms with van der Waals surface area (Å²) in [5.74, 6) is -1.35. The molecular formula is C23H28N4O6S. The number of likely N-dealkylation sites (tertiary alicyclic amines) is 1. The number of ketones is 1. The number of Topliss-reactive ketones (excluding diaryl/α,β-unsaturated/α-hetero) is 1. The molecule has 0 radical (unpaired) electrons. The third-order valence-electron chi connectivity index (χ3n) is 6.17. The van der Waals surface area contributed by atoms with E-state index in [1.54, 1.807) is 18.2 Å². The van der Waals surface area contributed by atoms with Gasteiger partial charge in [-0.3, -0.25) is 19.4 Å². The maximum Gasteiger partial charge on any atom is 0.255 e. The van der Waals surface area contributed by atoms with E-state index in [-0.39, 0.29) is 36.5 Å². The monoisotopic (exact) mass is 488 g/mol. The van der Waals surface area contributed by atoms with Crippen LogP contribution in [-0.4, -0.2) is 71.4 Å². The number of sulfonamides is 1. The van der Waals surface area contributed by atoms with Crippen LogP contribution in [0.15, 0.2) is 47.4 Å². The SMILES string of the molecule is CC(C)CC(NC(=O)c1ccoc1)C(=O)N1CCC2C1C(=O)CN2S(=O)(=O)Cc1ccccn1. The van der Waals surface area contributed by atoms with Gasteiger partial charge in [0, 0.05) is 12.7 Å². The van der Waals surface area contributed by atoms with Crippen molar-refractivity contribution in [3.05, 3.63) is 54.2 Å². The van der Waals surface area contributed by atoms with E-state index in [9.17, 15) is 22.8 Å². The third kappa shape index (κ3) is 4.90. The molecule has 0 aromatic carbocycles. The van der Waals surface area contributed by atoms with Crippen LogP contribution < -0.4 is 5.32 Å². The quantitative estimate of drug-likeness (QED) is 0.591. The molecule has 11 heteroatoms. The molecule has 34 heavy (non-hydrogen) atoms. The van der Waals surface area contributed by atoms with Crippen molar-refractivity contribution in [2.75, 3.05) is 13.1 Å². The Morgan fingerprint density at radius 2 is 2.06 bits per heavy atom. The molecule has 2 aliphatic heterocycles. The topological polar surface area (TPSA) is 130 Å². The average Bonchev–Trinajstić information content (AvgIpc) is 3.52. The lowest BCUT2D eigenvalue weighted by Crippen LogP contribution is -2.53. The number of fused-ring (bicyclic) bond motifs is 1. The summed E-state index contributed by atoms with van der Waals surface area (Å²) in [7, 11) is -3.81. The molecule has 0 spiro atoms. The fourth-order valence-electron chi connectivity index (χ4n) is 4.66. The zero-order valence-corrected chi connectivity index (χ0v) is 19.9. The summed E-state index contributed by atoms with van der Waals surface area (Å²) >= 11 is 0. The predicted molar refractivity (Wildman–Crippen MR) is 122 cm³/mol. The molecule has 4 rings (SSSR count). The van der Waals surface area contributed by atoms with Gasteiger partial charge in [-0.1, -0.05) is 19.9 Å². The summed E-state index contributed by atoms with van der Waals surface area (Å²) in [4.78, 5) is 44.5. The number of carbonyl (C=O) groups excluding carboxylic acids is 3. The summed E-state index contributed by atoms with van der Waals surface area (Å²) in [6.07, 6.45) is 4.92. The van der Waals surface area contributed by atoms with Gasteiger partial charge < -0.3 is 14.6 Å². The molecular weight excluding hydrogens is 460 g/mol. The van der Waals surface area contributed by atoms with Crippen molar-refractivity contribution in [3.8, 4) is 0 Å². The van der Waals surface area contributed by atoms with Crippen molar-refractivity contribution in [1.82, 2.24) is 19.5 Å². The minimum Gasteiger partial charge on any atom is -0.472 e. The number of hydrogen-bond donors (Lipinski definition) is 1. The van der Waals surface area contributed by atoms with Crippen LogP contribution in [0.2, 0.25) is 0 Å². The third-order valence-corrected chi connectivity index (χ3v) is 7.94. The first-order valence-corrected chi connectivity index (χ1v) is 12.8. The molecule has 2 aromatic rings. The van der Waals surface area contributed by atoms with Crippen LogP contribution in [0.4, 0.5) is 0 Å². The van der Waals surface area contributed by atoms with E-state index in [2.05, 4.69) is 10.3 Å². The fraction of sp³-hybridized carbons (Fsp3) is 0.478. The lowest BCUT2D eigenvalue weighted by atomic mass is 10.0. The Labute approximate surface area is 198 Å². The molecule has 0 bridgehead atoms. The molecule has 4 heterocycles. The van der Waals surface area contributed by atoms with Gasteiger partial charge in [0.05, 0.1) is 30.1 Å². The Kier molecular flexibility index (Phi) is 6.85. The average molecular weight is 489 g/mol. The first-order chi connectivity index (χ1) is 16.2. The Bertz CT molecular complexity index is 1150. The second-order valence-electron chi connectivity index (χ2n) is 9.09. The Morgan fingerprint density at radius 3 is 2.71 bits per heavy atom. The molecule has 2 fully saturated rings. The van der Waals surface area contributed by atoms with Gasteiger partial charge in [0.1, 0.15) is 24.1 Å². The Morgan fingerprint density at radius 1 is 1.26 bits per heavy atom. The van der Waals surface area contributed by atoms with Gasteiger partial charge in [-0.25, -0.2) is 8.42 Å². The molecule has 3 atom stereocenters. The van der Waals surface area contributed by atoms with Crippen molar-refractivity contribution in [3.63, 3.8) is 0 Å². The second kappa shape index (κ2) is 9.67. The number of pyridine rings is 1. The van der Waals surface area contributed by atoms with E-state index in [0.29, 0.717) is 24.1 Å². The molecule has 2 saturated heterocycles. The number of rotatable bonds is 8. The fourth-order valence-corrected chi connectivity index (χ4v) is 6.33. The van der Waals surface area contributed by atoms with Crippen molar-refractivity contribution < 1.29 is 27.2 Å². The molecule has 0 aliphatic carbocycles. The van der Waals surface area contributed by atoms with Crippen LogP contribution >= 0.6 is 0 Å². The molecule has 1 N–H and O–H groups in total. The second-order valence-corrected chi connectivity index (χ2v) is 11.0.